The molecule has 0 saturated carbocycles. The molecule has 1 aromatic carbocycles. The summed E-state index contributed by atoms with van der Waals surface area (Å²) in [5.74, 6) is -8.08. The molecule has 0 aromatic heterocycles. The fourth-order valence-corrected chi connectivity index (χ4v) is 5.28. The Hall–Kier alpha value is -5.34. The Kier molecular flexibility index (Phi) is 18.3. The quantitative estimate of drug-likeness (QED) is 0.0758. The van der Waals surface area contributed by atoms with Crippen LogP contribution in [0.5, 0.6) is 5.75 Å². The molecule has 0 unspecified atom stereocenters. The van der Waals surface area contributed by atoms with Gasteiger partial charge in [-0.15, -0.1) is 0 Å². The SMILES string of the molecule is CC(C)[C@H](NC(=O)[C@H]1CC(=O)NCCC(=O)NC[C@@H](NC(=O)[C@H](CCCCN)NC(=O)[C@@H](N)Cc2ccc(O)cc2)C(=O)N[C@H]([C@H](C)O)C(=O)N1)C(=O)O. The molecule has 0 spiro atoms. The topological polar surface area (TPSA) is 334 Å². The van der Waals surface area contributed by atoms with Crippen LogP contribution in [0.2, 0.25) is 0 Å². The molecule has 1 fully saturated rings. The van der Waals surface area contributed by atoms with Crippen molar-refractivity contribution in [2.75, 3.05) is 19.6 Å². The van der Waals surface area contributed by atoms with Crippen molar-refractivity contribution in [1.82, 2.24) is 37.2 Å². The molecule has 54 heavy (non-hydrogen) atoms. The van der Waals surface area contributed by atoms with Crippen LogP contribution >= 0.6 is 0 Å². The largest absolute Gasteiger partial charge is 0.508 e. The minimum atomic E-state index is -1.77. The van der Waals surface area contributed by atoms with Gasteiger partial charge in [0.15, 0.2) is 0 Å². The first kappa shape index (κ1) is 44.8. The number of aliphatic carboxylic acids is 1. The molecule has 0 bridgehead atoms. The number of aromatic hydroxyl groups is 1. The Labute approximate surface area is 312 Å². The molecule has 7 atom stereocenters. The molecule has 0 aliphatic carbocycles. The summed E-state index contributed by atoms with van der Waals surface area (Å²) in [4.78, 5) is 104. The van der Waals surface area contributed by atoms with Gasteiger partial charge in [-0.05, 0) is 62.8 Å². The lowest BCUT2D eigenvalue weighted by Crippen LogP contribution is -2.63. The number of phenols is 1. The van der Waals surface area contributed by atoms with Gasteiger partial charge in [-0.2, -0.15) is 0 Å². The van der Waals surface area contributed by atoms with Crippen LogP contribution in [0.3, 0.4) is 0 Å². The fourth-order valence-electron chi connectivity index (χ4n) is 5.28. The van der Waals surface area contributed by atoms with Crippen molar-refractivity contribution >= 4 is 47.3 Å². The van der Waals surface area contributed by atoms with Crippen molar-refractivity contribution in [2.24, 2.45) is 17.4 Å². The Balaban J connectivity index is 2.34. The van der Waals surface area contributed by atoms with E-state index in [4.69, 9.17) is 11.5 Å². The number of phenolic OH excluding ortho intramolecular Hbond substituents is 1. The molecule has 20 heteroatoms. The zero-order valence-electron chi connectivity index (χ0n) is 30.6. The second-order valence-electron chi connectivity index (χ2n) is 13.3. The summed E-state index contributed by atoms with van der Waals surface area (Å²) in [5.41, 5.74) is 12.4. The molecule has 0 radical (unpaired) electrons. The Morgan fingerprint density at radius 2 is 1.57 bits per heavy atom. The highest BCUT2D eigenvalue weighted by molar-refractivity contribution is 5.98. The van der Waals surface area contributed by atoms with E-state index in [1.54, 1.807) is 12.1 Å². The third kappa shape index (κ3) is 15.0. The lowest BCUT2D eigenvalue weighted by molar-refractivity contribution is -0.144. The molecular weight excluding hydrogens is 710 g/mol. The number of carboxylic acids is 1. The Bertz CT molecular complexity index is 1490. The van der Waals surface area contributed by atoms with E-state index in [1.165, 1.54) is 26.0 Å². The van der Waals surface area contributed by atoms with Crippen molar-refractivity contribution in [3.8, 4) is 5.75 Å². The standard InChI is InChI=1S/C34H53N9O11/c1-17(2)27(34(53)54)42-31(50)23-15-26(47)37-13-11-25(46)38-16-24(32(51)43-28(18(3)44)33(52)40-23)41-30(49)22(6-4-5-12-35)39-29(48)21(36)14-19-7-9-20(45)10-8-19/h7-10,17-18,21-24,27-28,44-45H,4-6,11-16,35-36H2,1-3H3,(H,37,47)(H,38,46)(H,39,48)(H,40,52)(H,41,49)(H,42,50)(H,43,51)(H,53,54)/t18-,21-,22-,23+,24+,27-,28+/m0/s1. The minimum absolute atomic E-state index is 0.0263. The minimum Gasteiger partial charge on any atom is -0.508 e. The summed E-state index contributed by atoms with van der Waals surface area (Å²) in [6, 6.07) is -2.67. The molecule has 1 aromatic rings. The lowest BCUT2D eigenvalue weighted by atomic mass is 10.0. The molecule has 1 aliphatic heterocycles. The smallest absolute Gasteiger partial charge is 0.326 e. The lowest BCUT2D eigenvalue weighted by Gasteiger charge is -2.28. The van der Waals surface area contributed by atoms with E-state index in [0.717, 1.165) is 6.92 Å². The van der Waals surface area contributed by atoms with Crippen molar-refractivity contribution < 1.29 is 53.7 Å². The van der Waals surface area contributed by atoms with Crippen molar-refractivity contribution in [3.05, 3.63) is 29.8 Å². The van der Waals surface area contributed by atoms with Gasteiger partial charge >= 0.3 is 5.97 Å². The molecule has 1 saturated heterocycles. The summed E-state index contributed by atoms with van der Waals surface area (Å²) in [6.07, 6.45) is -1.53. The van der Waals surface area contributed by atoms with Crippen LogP contribution in [0, 0.1) is 5.92 Å². The van der Waals surface area contributed by atoms with Crippen LogP contribution in [-0.2, 0) is 44.8 Å². The zero-order chi connectivity index (χ0) is 40.5. The second kappa shape index (κ2) is 22.0. The van der Waals surface area contributed by atoms with Gasteiger partial charge in [0.1, 0.15) is 36.0 Å². The Morgan fingerprint density at radius 3 is 2.17 bits per heavy atom. The molecule has 1 heterocycles. The number of carbonyl (C=O) groups excluding carboxylic acids is 7. The number of carbonyl (C=O) groups is 8. The summed E-state index contributed by atoms with van der Waals surface area (Å²) >= 11 is 0. The number of nitrogens with one attached hydrogen (secondary N) is 7. The van der Waals surface area contributed by atoms with Crippen LogP contribution in [0.15, 0.2) is 24.3 Å². The third-order valence-electron chi connectivity index (χ3n) is 8.43. The number of unbranched alkanes of at least 4 members (excludes halogenated alkanes) is 1. The molecule has 20 nitrogen and oxygen atoms in total. The van der Waals surface area contributed by atoms with E-state index in [9.17, 15) is 53.7 Å². The molecule has 1 aliphatic rings. The van der Waals surface area contributed by atoms with E-state index < -0.39 is 109 Å². The first-order valence-electron chi connectivity index (χ1n) is 17.6. The molecule has 2 rings (SSSR count). The number of aliphatic hydroxyl groups excluding tert-OH is 1. The average molecular weight is 764 g/mol. The molecule has 300 valence electrons. The fraction of sp³-hybridized carbons (Fsp3) is 0.588. The van der Waals surface area contributed by atoms with Gasteiger partial charge in [0, 0.05) is 19.5 Å². The van der Waals surface area contributed by atoms with Crippen LogP contribution in [0.25, 0.3) is 0 Å². The van der Waals surface area contributed by atoms with Gasteiger partial charge in [-0.3, -0.25) is 33.6 Å². The van der Waals surface area contributed by atoms with E-state index in [0.29, 0.717) is 24.9 Å². The van der Waals surface area contributed by atoms with Crippen LogP contribution in [0.1, 0.15) is 58.4 Å². The number of carboxylic acid groups (broad SMARTS) is 1. The summed E-state index contributed by atoms with van der Waals surface area (Å²) < 4.78 is 0. The van der Waals surface area contributed by atoms with E-state index >= 15 is 0 Å². The van der Waals surface area contributed by atoms with Crippen LogP contribution in [-0.4, -0.2) is 125 Å². The van der Waals surface area contributed by atoms with Gasteiger partial charge in [0.2, 0.25) is 41.4 Å². The number of hydrogen-bond acceptors (Lipinski definition) is 12. The van der Waals surface area contributed by atoms with Gasteiger partial charge in [0.05, 0.1) is 18.6 Å². The number of aliphatic hydroxyl groups is 1. The summed E-state index contributed by atoms with van der Waals surface area (Å²) in [7, 11) is 0. The monoisotopic (exact) mass is 763 g/mol. The van der Waals surface area contributed by atoms with Gasteiger partial charge in [-0.1, -0.05) is 26.0 Å². The van der Waals surface area contributed by atoms with Gasteiger partial charge < -0.3 is 64.0 Å². The first-order chi connectivity index (χ1) is 25.4. The van der Waals surface area contributed by atoms with Crippen molar-refractivity contribution in [3.63, 3.8) is 0 Å². The molecule has 14 N–H and O–H groups in total. The first-order valence-corrected chi connectivity index (χ1v) is 17.6. The maximum atomic E-state index is 13.6. The number of benzene rings is 1. The zero-order valence-corrected chi connectivity index (χ0v) is 30.6. The Morgan fingerprint density at radius 1 is 0.907 bits per heavy atom. The maximum Gasteiger partial charge on any atom is 0.326 e. The van der Waals surface area contributed by atoms with E-state index in [2.05, 4.69) is 37.2 Å². The number of amides is 7. The van der Waals surface area contributed by atoms with Gasteiger partial charge in [-0.25, -0.2) is 4.79 Å². The van der Waals surface area contributed by atoms with Crippen molar-refractivity contribution in [2.45, 2.75) is 102 Å². The third-order valence-corrected chi connectivity index (χ3v) is 8.43. The van der Waals surface area contributed by atoms with Crippen LogP contribution in [0.4, 0.5) is 0 Å². The van der Waals surface area contributed by atoms with Crippen LogP contribution < -0.4 is 48.7 Å². The molecule has 7 amide bonds. The maximum absolute atomic E-state index is 13.6. The summed E-state index contributed by atoms with van der Waals surface area (Å²) in [5, 5.41) is 46.4. The van der Waals surface area contributed by atoms with Crippen molar-refractivity contribution in [1.29, 1.82) is 0 Å². The van der Waals surface area contributed by atoms with Gasteiger partial charge in [0.25, 0.3) is 0 Å². The summed E-state index contributed by atoms with van der Waals surface area (Å²) in [6.45, 7) is 3.77. The highest BCUT2D eigenvalue weighted by atomic mass is 16.4. The average Bonchev–Trinajstić information content (AvgIpc) is 3.10. The number of hydrogen-bond donors (Lipinski definition) is 12. The number of nitrogens with two attached hydrogens (primary N) is 2. The van der Waals surface area contributed by atoms with E-state index in [1.807, 2.05) is 0 Å². The van der Waals surface area contributed by atoms with E-state index in [-0.39, 0.29) is 31.6 Å². The molecular formula is C34H53N9O11. The predicted molar refractivity (Wildman–Crippen MR) is 192 cm³/mol. The normalized spacial score (nSPS) is 21.0. The highest BCUT2D eigenvalue weighted by Gasteiger charge is 2.36. The number of rotatable bonds is 15. The highest BCUT2D eigenvalue weighted by Crippen LogP contribution is 2.12. The predicted octanol–water partition coefficient (Wildman–Crippen LogP) is -4.04. The second-order valence-corrected chi connectivity index (χ2v) is 13.3.